The number of nitrogens with one attached hydrogen (secondary N) is 2. The summed E-state index contributed by atoms with van der Waals surface area (Å²) in [4.78, 5) is 30.1. The maximum Gasteiger partial charge on any atom is 0.355 e. The number of hydrogen-bond donors (Lipinski definition) is 2. The lowest BCUT2D eigenvalue weighted by Gasteiger charge is -2.19. The Hall–Kier alpha value is -1.82. The van der Waals surface area contributed by atoms with E-state index >= 15 is 0 Å². The normalized spacial score (nSPS) is 15.5. The third kappa shape index (κ3) is 4.60. The van der Waals surface area contributed by atoms with E-state index in [0.717, 1.165) is 19.6 Å². The molecule has 0 aliphatic carbocycles. The van der Waals surface area contributed by atoms with Gasteiger partial charge in [0.05, 0.1) is 5.56 Å². The van der Waals surface area contributed by atoms with Gasteiger partial charge in [-0.3, -0.25) is 4.79 Å². The van der Waals surface area contributed by atoms with Gasteiger partial charge in [-0.25, -0.2) is 4.79 Å². The average molecular weight is 335 g/mol. The smallest absolute Gasteiger partial charge is 0.355 e. The lowest BCUT2D eigenvalue weighted by molar-refractivity contribution is 0.00626. The Morgan fingerprint density at radius 1 is 1.21 bits per heavy atom. The number of carbonyl (C=O) groups is 2. The molecular formula is C18H29N3O3. The van der Waals surface area contributed by atoms with Crippen molar-refractivity contribution in [2.24, 2.45) is 0 Å². The highest BCUT2D eigenvalue weighted by Crippen LogP contribution is 2.20. The lowest BCUT2D eigenvalue weighted by Crippen LogP contribution is -2.33. The summed E-state index contributed by atoms with van der Waals surface area (Å²) < 4.78 is 5.39. The monoisotopic (exact) mass is 335 g/mol. The van der Waals surface area contributed by atoms with Gasteiger partial charge in [-0.05, 0) is 66.1 Å². The molecule has 0 saturated carbocycles. The zero-order valence-corrected chi connectivity index (χ0v) is 15.4. The first-order chi connectivity index (χ1) is 11.2. The Morgan fingerprint density at radius 2 is 1.83 bits per heavy atom. The van der Waals surface area contributed by atoms with E-state index in [4.69, 9.17) is 4.74 Å². The molecule has 0 bridgehead atoms. The number of carbonyl (C=O) groups excluding carboxylic acids is 2. The van der Waals surface area contributed by atoms with Crippen molar-refractivity contribution in [2.75, 3.05) is 26.2 Å². The van der Waals surface area contributed by atoms with E-state index in [9.17, 15) is 9.59 Å². The first-order valence-corrected chi connectivity index (χ1v) is 8.62. The molecule has 0 aromatic carbocycles. The van der Waals surface area contributed by atoms with Crippen LogP contribution in [0, 0.1) is 13.8 Å². The molecule has 1 aliphatic rings. The second kappa shape index (κ2) is 7.38. The van der Waals surface area contributed by atoms with Crippen LogP contribution < -0.4 is 5.32 Å². The van der Waals surface area contributed by atoms with Crippen LogP contribution in [-0.4, -0.2) is 53.5 Å². The molecule has 0 radical (unpaired) electrons. The molecule has 1 aliphatic heterocycles. The molecule has 1 aromatic rings. The molecule has 6 heteroatoms. The van der Waals surface area contributed by atoms with Crippen molar-refractivity contribution in [2.45, 2.75) is 53.1 Å². The van der Waals surface area contributed by atoms with Gasteiger partial charge in [0.2, 0.25) is 0 Å². The highest BCUT2D eigenvalue weighted by atomic mass is 16.6. The van der Waals surface area contributed by atoms with Gasteiger partial charge in [0.25, 0.3) is 5.91 Å². The molecule has 0 atom stereocenters. The number of H-pyrrole nitrogens is 1. The molecule has 0 unspecified atom stereocenters. The number of rotatable bonds is 5. The predicted octanol–water partition coefficient (Wildman–Crippen LogP) is 2.41. The van der Waals surface area contributed by atoms with Gasteiger partial charge >= 0.3 is 5.97 Å². The van der Waals surface area contributed by atoms with Crippen LogP contribution in [0.15, 0.2) is 0 Å². The van der Waals surface area contributed by atoms with Crippen molar-refractivity contribution >= 4 is 11.9 Å². The van der Waals surface area contributed by atoms with Crippen LogP contribution in [0.5, 0.6) is 0 Å². The van der Waals surface area contributed by atoms with Crippen LogP contribution in [0.25, 0.3) is 0 Å². The molecule has 24 heavy (non-hydrogen) atoms. The second-order valence-electron chi connectivity index (χ2n) is 7.43. The zero-order chi connectivity index (χ0) is 17.9. The fraction of sp³-hybridized carbons (Fsp3) is 0.667. The fourth-order valence-electron chi connectivity index (χ4n) is 3.05. The summed E-state index contributed by atoms with van der Waals surface area (Å²) in [7, 11) is 0. The van der Waals surface area contributed by atoms with Gasteiger partial charge in [0.15, 0.2) is 0 Å². The van der Waals surface area contributed by atoms with Crippen molar-refractivity contribution < 1.29 is 14.3 Å². The Bertz CT molecular complexity index is 608. The molecule has 2 N–H and O–H groups in total. The maximum absolute atomic E-state index is 12.5. The minimum absolute atomic E-state index is 0.143. The van der Waals surface area contributed by atoms with Crippen LogP contribution in [0.3, 0.4) is 0 Å². The summed E-state index contributed by atoms with van der Waals surface area (Å²) in [6.07, 6.45) is 2.48. The third-order valence-electron chi connectivity index (χ3n) is 4.18. The molecule has 2 rings (SSSR count). The van der Waals surface area contributed by atoms with Crippen molar-refractivity contribution in [3.8, 4) is 0 Å². The average Bonchev–Trinajstić information content (AvgIpc) is 3.05. The van der Waals surface area contributed by atoms with E-state index in [0.29, 0.717) is 29.1 Å². The SMILES string of the molecule is Cc1[nH]c(C(=O)OC(C)(C)C)c(C)c1C(=O)NCCN1CCCC1. The number of esters is 1. The summed E-state index contributed by atoms with van der Waals surface area (Å²) in [6.45, 7) is 12.7. The standard InChI is InChI=1S/C18H29N3O3/c1-12-14(16(22)19-8-11-21-9-6-7-10-21)13(2)20-15(12)17(23)24-18(3,4)5/h20H,6-11H2,1-5H3,(H,19,22). The topological polar surface area (TPSA) is 74.4 Å². The number of aromatic nitrogens is 1. The molecule has 2 heterocycles. The van der Waals surface area contributed by atoms with Gasteiger partial charge < -0.3 is 19.9 Å². The van der Waals surface area contributed by atoms with E-state index in [1.807, 2.05) is 20.8 Å². The quantitative estimate of drug-likeness (QED) is 0.811. The van der Waals surface area contributed by atoms with E-state index in [1.54, 1.807) is 13.8 Å². The van der Waals surface area contributed by atoms with Crippen molar-refractivity contribution in [1.82, 2.24) is 15.2 Å². The van der Waals surface area contributed by atoms with Gasteiger partial charge in [-0.2, -0.15) is 0 Å². The van der Waals surface area contributed by atoms with E-state index in [2.05, 4.69) is 15.2 Å². The molecule has 134 valence electrons. The molecular weight excluding hydrogens is 306 g/mol. The van der Waals surface area contributed by atoms with Gasteiger partial charge in [-0.15, -0.1) is 0 Å². The Labute approximate surface area is 143 Å². The van der Waals surface area contributed by atoms with Gasteiger partial charge in [0.1, 0.15) is 11.3 Å². The molecule has 1 aromatic heterocycles. The molecule has 6 nitrogen and oxygen atoms in total. The summed E-state index contributed by atoms with van der Waals surface area (Å²) >= 11 is 0. The zero-order valence-electron chi connectivity index (χ0n) is 15.4. The minimum atomic E-state index is -0.569. The summed E-state index contributed by atoms with van der Waals surface area (Å²) in [5.74, 6) is -0.575. The Balaban J connectivity index is 2.01. The second-order valence-corrected chi connectivity index (χ2v) is 7.43. The van der Waals surface area contributed by atoms with Crippen LogP contribution in [0.1, 0.15) is 65.7 Å². The summed E-state index contributed by atoms with van der Waals surface area (Å²) in [6, 6.07) is 0. The highest BCUT2D eigenvalue weighted by molar-refractivity contribution is 6.01. The van der Waals surface area contributed by atoms with Crippen LogP contribution in [-0.2, 0) is 4.74 Å². The number of aryl methyl sites for hydroxylation is 1. The van der Waals surface area contributed by atoms with Crippen LogP contribution >= 0.6 is 0 Å². The molecule has 0 spiro atoms. The number of amides is 1. The van der Waals surface area contributed by atoms with Crippen LogP contribution in [0.4, 0.5) is 0 Å². The van der Waals surface area contributed by atoms with E-state index in [-0.39, 0.29) is 5.91 Å². The number of likely N-dealkylation sites (tertiary alicyclic amines) is 1. The number of hydrogen-bond acceptors (Lipinski definition) is 4. The largest absolute Gasteiger partial charge is 0.455 e. The minimum Gasteiger partial charge on any atom is -0.455 e. The Morgan fingerprint density at radius 3 is 2.42 bits per heavy atom. The van der Waals surface area contributed by atoms with Crippen molar-refractivity contribution in [1.29, 1.82) is 0 Å². The lowest BCUT2D eigenvalue weighted by atomic mass is 10.1. The van der Waals surface area contributed by atoms with Crippen LogP contribution in [0.2, 0.25) is 0 Å². The molecule has 1 fully saturated rings. The Kier molecular flexibility index (Phi) is 5.70. The summed E-state index contributed by atoms with van der Waals surface area (Å²) in [5.41, 5.74) is 1.65. The maximum atomic E-state index is 12.5. The predicted molar refractivity (Wildman–Crippen MR) is 93.4 cm³/mol. The van der Waals surface area contributed by atoms with Gasteiger partial charge in [0, 0.05) is 18.8 Å². The number of aromatic amines is 1. The van der Waals surface area contributed by atoms with Gasteiger partial charge in [-0.1, -0.05) is 0 Å². The number of ether oxygens (including phenoxy) is 1. The molecule has 1 saturated heterocycles. The number of nitrogens with zero attached hydrogens (tertiary/aromatic N) is 1. The first kappa shape index (κ1) is 18.5. The first-order valence-electron chi connectivity index (χ1n) is 8.62. The van der Waals surface area contributed by atoms with E-state index in [1.165, 1.54) is 12.8 Å². The van der Waals surface area contributed by atoms with Crippen molar-refractivity contribution in [3.05, 3.63) is 22.5 Å². The van der Waals surface area contributed by atoms with Crippen molar-refractivity contribution in [3.63, 3.8) is 0 Å². The third-order valence-corrected chi connectivity index (χ3v) is 4.18. The fourth-order valence-corrected chi connectivity index (χ4v) is 3.05. The summed E-state index contributed by atoms with van der Waals surface area (Å²) in [5, 5.41) is 2.96. The molecule has 1 amide bonds. The van der Waals surface area contributed by atoms with E-state index < -0.39 is 11.6 Å². The highest BCUT2D eigenvalue weighted by Gasteiger charge is 2.25.